The summed E-state index contributed by atoms with van der Waals surface area (Å²) in [5.41, 5.74) is -0.362. The third-order valence-electron chi connectivity index (χ3n) is 3.40. The maximum absolute atomic E-state index is 11.7. The fourth-order valence-corrected chi connectivity index (χ4v) is 2.26. The number of aliphatic hydroxyl groups is 1. The number of rotatable bonds is 4. The molecule has 0 radical (unpaired) electrons. The Morgan fingerprint density at radius 2 is 2.00 bits per heavy atom. The lowest BCUT2D eigenvalue weighted by Gasteiger charge is -2.39. The van der Waals surface area contributed by atoms with E-state index in [0.29, 0.717) is 12.5 Å². The first-order valence-electron chi connectivity index (χ1n) is 6.04. The molecule has 1 aliphatic rings. The standard InChI is InChI=1S/C12H24N2O2/c1-10-4-6-12(9-15,7-5-10)13-11(16)8-14(2)3/h10,15H,4-9H2,1-3H3,(H,13,16). The highest BCUT2D eigenvalue weighted by atomic mass is 16.3. The lowest BCUT2D eigenvalue weighted by molar-refractivity contribution is -0.124. The molecule has 94 valence electrons. The first kappa shape index (κ1) is 13.5. The number of carbonyl (C=O) groups is 1. The normalized spacial score (nSPS) is 30.4. The number of nitrogens with zero attached hydrogens (tertiary/aromatic N) is 1. The minimum Gasteiger partial charge on any atom is -0.394 e. The Bertz CT molecular complexity index is 233. The van der Waals surface area contributed by atoms with Crippen molar-refractivity contribution in [3.05, 3.63) is 0 Å². The molecule has 0 unspecified atom stereocenters. The molecule has 2 N–H and O–H groups in total. The van der Waals surface area contributed by atoms with Gasteiger partial charge in [0.1, 0.15) is 0 Å². The molecule has 1 aliphatic carbocycles. The molecule has 1 amide bonds. The number of aliphatic hydroxyl groups excluding tert-OH is 1. The second-order valence-corrected chi connectivity index (χ2v) is 5.41. The van der Waals surface area contributed by atoms with Gasteiger partial charge in [0.2, 0.25) is 5.91 Å². The Labute approximate surface area is 98.0 Å². The van der Waals surface area contributed by atoms with E-state index in [0.717, 1.165) is 25.7 Å². The average Bonchev–Trinajstić information content (AvgIpc) is 2.21. The van der Waals surface area contributed by atoms with Crippen molar-refractivity contribution in [1.29, 1.82) is 0 Å². The predicted molar refractivity (Wildman–Crippen MR) is 64.1 cm³/mol. The van der Waals surface area contributed by atoms with Gasteiger partial charge in [0.15, 0.2) is 0 Å². The van der Waals surface area contributed by atoms with E-state index in [4.69, 9.17) is 0 Å². The van der Waals surface area contributed by atoms with Crippen molar-refractivity contribution in [3.63, 3.8) is 0 Å². The van der Waals surface area contributed by atoms with Crippen molar-refractivity contribution in [2.24, 2.45) is 5.92 Å². The van der Waals surface area contributed by atoms with Crippen LogP contribution in [0.2, 0.25) is 0 Å². The van der Waals surface area contributed by atoms with Crippen LogP contribution < -0.4 is 5.32 Å². The number of hydrogen-bond acceptors (Lipinski definition) is 3. The molecule has 0 heterocycles. The zero-order chi connectivity index (χ0) is 12.2. The molecule has 0 aliphatic heterocycles. The van der Waals surface area contributed by atoms with Gasteiger partial charge < -0.3 is 15.3 Å². The highest BCUT2D eigenvalue weighted by Gasteiger charge is 2.34. The summed E-state index contributed by atoms with van der Waals surface area (Å²) in [6, 6.07) is 0. The van der Waals surface area contributed by atoms with Crippen molar-refractivity contribution < 1.29 is 9.90 Å². The highest BCUT2D eigenvalue weighted by molar-refractivity contribution is 5.78. The summed E-state index contributed by atoms with van der Waals surface area (Å²) in [7, 11) is 3.74. The number of hydrogen-bond donors (Lipinski definition) is 2. The number of carbonyl (C=O) groups excluding carboxylic acids is 1. The smallest absolute Gasteiger partial charge is 0.234 e. The second kappa shape index (κ2) is 5.64. The zero-order valence-electron chi connectivity index (χ0n) is 10.6. The minimum absolute atomic E-state index is 0.00797. The molecule has 0 aromatic carbocycles. The molecule has 0 aromatic heterocycles. The van der Waals surface area contributed by atoms with Crippen LogP contribution in [0.1, 0.15) is 32.6 Å². The van der Waals surface area contributed by atoms with Crippen molar-refractivity contribution in [1.82, 2.24) is 10.2 Å². The third kappa shape index (κ3) is 3.76. The maximum Gasteiger partial charge on any atom is 0.234 e. The largest absolute Gasteiger partial charge is 0.394 e. The van der Waals surface area contributed by atoms with Gasteiger partial charge >= 0.3 is 0 Å². The molecule has 0 bridgehead atoms. The number of nitrogens with one attached hydrogen (secondary N) is 1. The van der Waals surface area contributed by atoms with Gasteiger partial charge in [0, 0.05) is 0 Å². The van der Waals surface area contributed by atoms with Crippen LogP contribution in [0, 0.1) is 5.92 Å². The number of amides is 1. The lowest BCUT2D eigenvalue weighted by Crippen LogP contribution is -2.55. The van der Waals surface area contributed by atoms with E-state index in [1.54, 1.807) is 0 Å². The lowest BCUT2D eigenvalue weighted by atomic mass is 9.77. The maximum atomic E-state index is 11.7. The Kier molecular flexibility index (Phi) is 4.74. The summed E-state index contributed by atoms with van der Waals surface area (Å²) in [5.74, 6) is 0.721. The van der Waals surface area contributed by atoms with Gasteiger partial charge in [-0.1, -0.05) is 6.92 Å². The molecule has 0 atom stereocenters. The van der Waals surface area contributed by atoms with Crippen molar-refractivity contribution in [2.45, 2.75) is 38.1 Å². The van der Waals surface area contributed by atoms with Crippen LogP contribution in [-0.2, 0) is 4.79 Å². The van der Waals surface area contributed by atoms with Crippen LogP contribution in [0.4, 0.5) is 0 Å². The summed E-state index contributed by atoms with van der Waals surface area (Å²) in [5, 5.41) is 12.5. The third-order valence-corrected chi connectivity index (χ3v) is 3.40. The monoisotopic (exact) mass is 228 g/mol. The minimum atomic E-state index is -0.362. The van der Waals surface area contributed by atoms with E-state index in [-0.39, 0.29) is 18.1 Å². The van der Waals surface area contributed by atoms with Crippen molar-refractivity contribution in [3.8, 4) is 0 Å². The summed E-state index contributed by atoms with van der Waals surface area (Å²) >= 11 is 0. The van der Waals surface area contributed by atoms with E-state index in [9.17, 15) is 9.90 Å². The molecule has 0 aromatic rings. The van der Waals surface area contributed by atoms with E-state index < -0.39 is 0 Å². The molecular formula is C12H24N2O2. The van der Waals surface area contributed by atoms with Gasteiger partial charge in [0.05, 0.1) is 18.7 Å². The van der Waals surface area contributed by atoms with Crippen molar-refractivity contribution in [2.75, 3.05) is 27.2 Å². The fraction of sp³-hybridized carbons (Fsp3) is 0.917. The fourth-order valence-electron chi connectivity index (χ4n) is 2.26. The molecule has 1 saturated carbocycles. The van der Waals surface area contributed by atoms with Crippen LogP contribution >= 0.6 is 0 Å². The quantitative estimate of drug-likeness (QED) is 0.741. The van der Waals surface area contributed by atoms with Gasteiger partial charge in [-0.15, -0.1) is 0 Å². The molecule has 1 fully saturated rings. The van der Waals surface area contributed by atoms with Crippen LogP contribution in [0.15, 0.2) is 0 Å². The van der Waals surface area contributed by atoms with Gasteiger partial charge in [-0.2, -0.15) is 0 Å². The van der Waals surface area contributed by atoms with Gasteiger partial charge in [-0.3, -0.25) is 4.79 Å². The Morgan fingerprint density at radius 3 is 2.44 bits per heavy atom. The zero-order valence-corrected chi connectivity index (χ0v) is 10.6. The Balaban J connectivity index is 2.50. The van der Waals surface area contributed by atoms with Gasteiger partial charge in [0.25, 0.3) is 0 Å². The van der Waals surface area contributed by atoms with E-state index in [2.05, 4.69) is 12.2 Å². The average molecular weight is 228 g/mol. The molecule has 4 nitrogen and oxygen atoms in total. The highest BCUT2D eigenvalue weighted by Crippen LogP contribution is 2.31. The topological polar surface area (TPSA) is 52.6 Å². The predicted octanol–water partition coefficient (Wildman–Crippen LogP) is 0.605. The molecule has 4 heteroatoms. The molecule has 0 saturated heterocycles. The van der Waals surface area contributed by atoms with Crippen LogP contribution in [0.3, 0.4) is 0 Å². The summed E-state index contributed by atoms with van der Waals surface area (Å²) in [6.45, 7) is 2.67. The van der Waals surface area contributed by atoms with Gasteiger partial charge in [-0.05, 0) is 45.7 Å². The first-order valence-corrected chi connectivity index (χ1v) is 6.04. The van der Waals surface area contributed by atoms with E-state index in [1.165, 1.54) is 0 Å². The van der Waals surface area contributed by atoms with E-state index in [1.807, 2.05) is 19.0 Å². The Morgan fingerprint density at radius 1 is 1.44 bits per heavy atom. The van der Waals surface area contributed by atoms with Crippen LogP contribution in [0.5, 0.6) is 0 Å². The Hall–Kier alpha value is -0.610. The second-order valence-electron chi connectivity index (χ2n) is 5.41. The summed E-state index contributed by atoms with van der Waals surface area (Å²) in [6.07, 6.45) is 3.96. The van der Waals surface area contributed by atoms with Crippen LogP contribution in [0.25, 0.3) is 0 Å². The molecule has 0 spiro atoms. The SMILES string of the molecule is CC1CCC(CO)(NC(=O)CN(C)C)CC1. The molecular weight excluding hydrogens is 204 g/mol. The summed E-state index contributed by atoms with van der Waals surface area (Å²) in [4.78, 5) is 13.5. The van der Waals surface area contributed by atoms with Gasteiger partial charge in [-0.25, -0.2) is 0 Å². The first-order chi connectivity index (χ1) is 7.47. The molecule has 16 heavy (non-hydrogen) atoms. The molecule has 1 rings (SSSR count). The van der Waals surface area contributed by atoms with Crippen molar-refractivity contribution >= 4 is 5.91 Å². The van der Waals surface area contributed by atoms with E-state index >= 15 is 0 Å². The summed E-state index contributed by atoms with van der Waals surface area (Å²) < 4.78 is 0. The number of likely N-dealkylation sites (N-methyl/N-ethyl adjacent to an activating group) is 1. The van der Waals surface area contributed by atoms with Crippen LogP contribution in [-0.4, -0.2) is 48.7 Å².